The largest absolute Gasteiger partial charge is 0.508 e. The summed E-state index contributed by atoms with van der Waals surface area (Å²) in [6, 6.07) is 6.72. The average Bonchev–Trinajstić information content (AvgIpc) is 3.17. The first kappa shape index (κ1) is 20.5. The highest BCUT2D eigenvalue weighted by molar-refractivity contribution is 8.19. The number of nitrogens with zero attached hydrogens (tertiary/aromatic N) is 2. The smallest absolute Gasteiger partial charge is 0.294 e. The van der Waals surface area contributed by atoms with Gasteiger partial charge in [0, 0.05) is 18.2 Å². The van der Waals surface area contributed by atoms with Crippen molar-refractivity contribution in [3.8, 4) is 11.5 Å². The van der Waals surface area contributed by atoms with Crippen molar-refractivity contribution in [2.75, 3.05) is 6.54 Å². The lowest BCUT2D eigenvalue weighted by atomic mass is 10.1. The predicted octanol–water partition coefficient (Wildman–Crippen LogP) is 3.66. The minimum absolute atomic E-state index is 0.0288. The molecule has 1 amide bonds. The second-order valence-corrected chi connectivity index (χ2v) is 10.0. The van der Waals surface area contributed by atoms with Gasteiger partial charge < -0.3 is 10.2 Å². The van der Waals surface area contributed by atoms with Crippen LogP contribution in [0.5, 0.6) is 11.5 Å². The van der Waals surface area contributed by atoms with Crippen molar-refractivity contribution in [1.29, 1.82) is 0 Å². The van der Waals surface area contributed by atoms with Gasteiger partial charge in [0.05, 0.1) is 9.24 Å². The van der Waals surface area contributed by atoms with Gasteiger partial charge in [0.25, 0.3) is 15.9 Å². The van der Waals surface area contributed by atoms with Crippen LogP contribution >= 0.6 is 34.7 Å². The maximum absolute atomic E-state index is 12.7. The monoisotopic (exact) mass is 456 g/mol. The molecular weight excluding hydrogens is 444 g/mol. The molecule has 11 heteroatoms. The molecule has 0 saturated carbocycles. The van der Waals surface area contributed by atoms with Crippen LogP contribution in [-0.2, 0) is 14.8 Å². The fourth-order valence-electron chi connectivity index (χ4n) is 2.25. The molecular formula is C17H13ClN2O5S3. The van der Waals surface area contributed by atoms with E-state index in [1.807, 2.05) is 0 Å². The second kappa shape index (κ2) is 8.00. The zero-order valence-electron chi connectivity index (χ0n) is 14.1. The first-order valence-corrected chi connectivity index (χ1v) is 11.1. The molecule has 0 spiro atoms. The molecule has 3 rings (SSSR count). The first-order chi connectivity index (χ1) is 13.2. The molecule has 2 N–H and O–H groups in total. The standard InChI is InChI=1S/C17H13ClN2O5S3/c1-2-7-20-16(23)13(8-10-3-4-11(21)9-12(10)22)26-17(20)19-28(24,25)15-6-5-14(18)27-15/h2-6,8-9,21-22H,1,7H2. The fraction of sp³-hybridized carbons (Fsp3) is 0.0588. The van der Waals surface area contributed by atoms with Crippen molar-refractivity contribution in [2.24, 2.45) is 4.40 Å². The Bertz CT molecular complexity index is 1120. The number of rotatable bonds is 5. The molecule has 28 heavy (non-hydrogen) atoms. The summed E-state index contributed by atoms with van der Waals surface area (Å²) in [6.45, 7) is 3.63. The van der Waals surface area contributed by atoms with Gasteiger partial charge in [-0.3, -0.25) is 9.69 Å². The molecule has 0 aliphatic carbocycles. The van der Waals surface area contributed by atoms with Crippen LogP contribution in [0.15, 0.2) is 56.5 Å². The van der Waals surface area contributed by atoms with Gasteiger partial charge in [0.1, 0.15) is 15.7 Å². The summed E-state index contributed by atoms with van der Waals surface area (Å²) < 4.78 is 29.1. The fourth-order valence-corrected chi connectivity index (χ4v) is 5.89. The molecule has 1 aromatic heterocycles. The van der Waals surface area contributed by atoms with E-state index in [1.54, 1.807) is 0 Å². The first-order valence-electron chi connectivity index (χ1n) is 7.66. The van der Waals surface area contributed by atoms with E-state index < -0.39 is 15.9 Å². The molecule has 1 aliphatic rings. The van der Waals surface area contributed by atoms with Crippen molar-refractivity contribution >= 4 is 61.9 Å². The van der Waals surface area contributed by atoms with Gasteiger partial charge in [-0.25, -0.2) is 0 Å². The molecule has 1 fully saturated rings. The van der Waals surface area contributed by atoms with Crippen LogP contribution in [0.3, 0.4) is 0 Å². The number of sulfonamides is 1. The van der Waals surface area contributed by atoms with Crippen molar-refractivity contribution < 1.29 is 23.4 Å². The number of amidine groups is 1. The molecule has 2 heterocycles. The summed E-state index contributed by atoms with van der Waals surface area (Å²) in [4.78, 5) is 14.0. The summed E-state index contributed by atoms with van der Waals surface area (Å²) in [5.41, 5.74) is 0.293. The number of aromatic hydroxyl groups is 2. The molecule has 1 saturated heterocycles. The van der Waals surface area contributed by atoms with Crippen LogP contribution in [0.1, 0.15) is 5.56 Å². The number of halogens is 1. The van der Waals surface area contributed by atoms with E-state index in [9.17, 15) is 23.4 Å². The molecule has 7 nitrogen and oxygen atoms in total. The highest BCUT2D eigenvalue weighted by Gasteiger charge is 2.34. The molecule has 0 unspecified atom stereocenters. The number of carbonyl (C=O) groups excluding carboxylic acids is 1. The number of amides is 1. The lowest BCUT2D eigenvalue weighted by molar-refractivity contribution is -0.121. The number of hydrogen-bond acceptors (Lipinski definition) is 7. The number of phenols is 2. The van der Waals surface area contributed by atoms with Crippen LogP contribution in [0, 0.1) is 0 Å². The molecule has 1 aliphatic heterocycles. The predicted molar refractivity (Wildman–Crippen MR) is 111 cm³/mol. The van der Waals surface area contributed by atoms with Crippen LogP contribution in [0.25, 0.3) is 6.08 Å². The van der Waals surface area contributed by atoms with Gasteiger partial charge in [0.15, 0.2) is 5.17 Å². The lowest BCUT2D eigenvalue weighted by Gasteiger charge is -2.12. The highest BCUT2D eigenvalue weighted by atomic mass is 35.5. The van der Waals surface area contributed by atoms with Gasteiger partial charge in [-0.05, 0) is 42.1 Å². The molecule has 0 radical (unpaired) electrons. The van der Waals surface area contributed by atoms with Crippen LogP contribution < -0.4 is 0 Å². The topological polar surface area (TPSA) is 107 Å². The van der Waals surface area contributed by atoms with E-state index in [0.29, 0.717) is 9.90 Å². The molecule has 146 valence electrons. The Balaban J connectivity index is 2.01. The third kappa shape index (κ3) is 4.25. The van der Waals surface area contributed by atoms with Crippen LogP contribution in [-0.4, -0.2) is 41.2 Å². The molecule has 2 aromatic rings. The van der Waals surface area contributed by atoms with Gasteiger partial charge >= 0.3 is 0 Å². The Labute approximate surface area is 174 Å². The average molecular weight is 457 g/mol. The number of hydrogen-bond donors (Lipinski definition) is 2. The minimum Gasteiger partial charge on any atom is -0.508 e. The van der Waals surface area contributed by atoms with Crippen molar-refractivity contribution in [3.05, 3.63) is 57.8 Å². The third-order valence-corrected chi connectivity index (χ3v) is 7.59. The Morgan fingerprint density at radius 2 is 2.00 bits per heavy atom. The molecule has 1 aromatic carbocycles. The summed E-state index contributed by atoms with van der Waals surface area (Å²) >= 11 is 7.52. The Hall–Kier alpha value is -2.27. The normalized spacial score (nSPS) is 17.6. The lowest BCUT2D eigenvalue weighted by Crippen LogP contribution is -2.29. The van der Waals surface area contributed by atoms with Gasteiger partial charge in [0.2, 0.25) is 0 Å². The number of thioether (sulfide) groups is 1. The maximum atomic E-state index is 12.7. The maximum Gasteiger partial charge on any atom is 0.294 e. The number of benzene rings is 1. The van der Waals surface area contributed by atoms with E-state index in [1.165, 1.54) is 41.3 Å². The number of carbonyl (C=O) groups is 1. The molecule has 0 atom stereocenters. The number of thiophene rings is 1. The van der Waals surface area contributed by atoms with Gasteiger partial charge in [-0.2, -0.15) is 8.42 Å². The van der Waals surface area contributed by atoms with Crippen molar-refractivity contribution in [3.63, 3.8) is 0 Å². The Kier molecular flexibility index (Phi) is 5.84. The van der Waals surface area contributed by atoms with E-state index in [-0.39, 0.29) is 32.3 Å². The van der Waals surface area contributed by atoms with Crippen LogP contribution in [0.4, 0.5) is 0 Å². The van der Waals surface area contributed by atoms with E-state index in [0.717, 1.165) is 29.2 Å². The zero-order valence-corrected chi connectivity index (χ0v) is 17.3. The second-order valence-electron chi connectivity index (χ2n) is 5.47. The van der Waals surface area contributed by atoms with E-state index in [2.05, 4.69) is 11.0 Å². The third-order valence-electron chi connectivity index (χ3n) is 3.50. The summed E-state index contributed by atoms with van der Waals surface area (Å²) in [5, 5.41) is 19.3. The molecule has 0 bridgehead atoms. The highest BCUT2D eigenvalue weighted by Crippen LogP contribution is 2.36. The summed E-state index contributed by atoms with van der Waals surface area (Å²) in [6.07, 6.45) is 2.85. The van der Waals surface area contributed by atoms with E-state index >= 15 is 0 Å². The van der Waals surface area contributed by atoms with Crippen LogP contribution in [0.2, 0.25) is 4.34 Å². The summed E-state index contributed by atoms with van der Waals surface area (Å²) in [5.74, 6) is -0.820. The van der Waals surface area contributed by atoms with Gasteiger partial charge in [-0.15, -0.1) is 22.3 Å². The Morgan fingerprint density at radius 3 is 2.61 bits per heavy atom. The van der Waals surface area contributed by atoms with Crippen molar-refractivity contribution in [1.82, 2.24) is 4.90 Å². The zero-order chi connectivity index (χ0) is 20.5. The SMILES string of the molecule is C=CCN1C(=O)C(=Cc2ccc(O)cc2O)SC1=NS(=O)(=O)c1ccc(Cl)s1. The Morgan fingerprint density at radius 1 is 1.25 bits per heavy atom. The summed E-state index contributed by atoms with van der Waals surface area (Å²) in [7, 11) is -4.04. The minimum atomic E-state index is -4.04. The number of phenolic OH excluding ortho intramolecular Hbond substituents is 2. The quantitative estimate of drug-likeness (QED) is 0.525. The van der Waals surface area contributed by atoms with Gasteiger partial charge in [-0.1, -0.05) is 17.7 Å². The van der Waals surface area contributed by atoms with E-state index in [4.69, 9.17) is 11.6 Å². The van der Waals surface area contributed by atoms with Crippen molar-refractivity contribution in [2.45, 2.75) is 4.21 Å².